The lowest BCUT2D eigenvalue weighted by Gasteiger charge is -2.18. The highest BCUT2D eigenvalue weighted by Crippen LogP contribution is 2.23. The minimum atomic E-state index is 0.596. The number of anilines is 4. The van der Waals surface area contributed by atoms with E-state index in [9.17, 15) is 0 Å². The van der Waals surface area contributed by atoms with Gasteiger partial charge in [0.05, 0.1) is 0 Å². The quantitative estimate of drug-likeness (QED) is 0.591. The minimum Gasteiger partial charge on any atom is -0.372 e. The number of aryl methyl sites for hydroxylation is 1. The number of hydrazine groups is 1. The van der Waals surface area contributed by atoms with E-state index in [1.54, 1.807) is 6.07 Å². The van der Waals surface area contributed by atoms with Crippen LogP contribution >= 0.6 is 0 Å². The molecule has 0 saturated carbocycles. The molecule has 6 nitrogen and oxygen atoms in total. The van der Waals surface area contributed by atoms with E-state index in [0.29, 0.717) is 11.6 Å². The first-order valence-electron chi connectivity index (χ1n) is 7.19. The molecule has 2 heterocycles. The molecule has 1 aromatic carbocycles. The van der Waals surface area contributed by atoms with Crippen LogP contribution in [-0.4, -0.2) is 23.1 Å². The molecule has 0 atom stereocenters. The van der Waals surface area contributed by atoms with Crippen molar-refractivity contribution < 1.29 is 0 Å². The smallest absolute Gasteiger partial charge is 0.145 e. The van der Waals surface area contributed by atoms with Gasteiger partial charge in [-0.2, -0.15) is 0 Å². The van der Waals surface area contributed by atoms with Gasteiger partial charge >= 0.3 is 0 Å². The van der Waals surface area contributed by atoms with Gasteiger partial charge in [-0.15, -0.1) is 0 Å². The van der Waals surface area contributed by atoms with E-state index in [1.807, 2.05) is 6.92 Å². The van der Waals surface area contributed by atoms with Crippen molar-refractivity contribution in [3.63, 3.8) is 0 Å². The topological polar surface area (TPSA) is 79.1 Å². The van der Waals surface area contributed by atoms with Crippen LogP contribution in [0.5, 0.6) is 0 Å². The number of benzene rings is 1. The van der Waals surface area contributed by atoms with Crippen LogP contribution in [0.1, 0.15) is 18.7 Å². The third kappa shape index (κ3) is 3.22. The second-order valence-electron chi connectivity index (χ2n) is 5.20. The summed E-state index contributed by atoms with van der Waals surface area (Å²) in [5.41, 5.74) is 4.82. The maximum atomic E-state index is 5.40. The number of nitrogens with one attached hydrogen (secondary N) is 2. The molecule has 0 spiro atoms. The summed E-state index contributed by atoms with van der Waals surface area (Å²) in [5, 5.41) is 3.27. The van der Waals surface area contributed by atoms with Crippen molar-refractivity contribution in [1.29, 1.82) is 0 Å². The van der Waals surface area contributed by atoms with Crippen LogP contribution < -0.4 is 21.5 Å². The molecule has 1 saturated heterocycles. The highest BCUT2D eigenvalue weighted by Gasteiger charge is 2.11. The third-order valence-electron chi connectivity index (χ3n) is 3.60. The van der Waals surface area contributed by atoms with Gasteiger partial charge in [-0.1, -0.05) is 0 Å². The van der Waals surface area contributed by atoms with Crippen LogP contribution in [0.4, 0.5) is 23.0 Å². The maximum Gasteiger partial charge on any atom is 0.145 e. The monoisotopic (exact) mass is 284 g/mol. The largest absolute Gasteiger partial charge is 0.372 e. The van der Waals surface area contributed by atoms with Gasteiger partial charge in [0.25, 0.3) is 0 Å². The van der Waals surface area contributed by atoms with Crippen LogP contribution in [0, 0.1) is 6.92 Å². The van der Waals surface area contributed by atoms with Crippen molar-refractivity contribution in [2.75, 3.05) is 28.7 Å². The van der Waals surface area contributed by atoms with Crippen molar-refractivity contribution in [2.45, 2.75) is 19.8 Å². The number of nitrogens with zero attached hydrogens (tertiary/aromatic N) is 3. The average molecular weight is 284 g/mol. The molecule has 1 aromatic heterocycles. The van der Waals surface area contributed by atoms with E-state index in [-0.39, 0.29) is 0 Å². The van der Waals surface area contributed by atoms with Gasteiger partial charge in [0, 0.05) is 30.5 Å². The number of aromatic nitrogens is 2. The van der Waals surface area contributed by atoms with Crippen LogP contribution in [0.3, 0.4) is 0 Å². The Bertz CT molecular complexity index is 604. The van der Waals surface area contributed by atoms with E-state index >= 15 is 0 Å². The fraction of sp³-hybridized carbons (Fsp3) is 0.333. The van der Waals surface area contributed by atoms with Gasteiger partial charge in [0.15, 0.2) is 0 Å². The first-order chi connectivity index (χ1) is 10.2. The van der Waals surface area contributed by atoms with E-state index in [2.05, 4.69) is 49.9 Å². The van der Waals surface area contributed by atoms with Crippen molar-refractivity contribution in [1.82, 2.24) is 9.97 Å². The molecule has 0 bridgehead atoms. The fourth-order valence-corrected chi connectivity index (χ4v) is 2.58. The Labute approximate surface area is 124 Å². The lowest BCUT2D eigenvalue weighted by molar-refractivity contribution is 0.949. The maximum absolute atomic E-state index is 5.40. The first kappa shape index (κ1) is 13.6. The van der Waals surface area contributed by atoms with Crippen LogP contribution in [0.25, 0.3) is 0 Å². The molecule has 0 amide bonds. The molecule has 110 valence electrons. The Morgan fingerprint density at radius 1 is 1.05 bits per heavy atom. The molecule has 0 unspecified atom stereocenters. The standard InChI is InChI=1S/C15H20N6/c1-11-17-14(10-15(18-11)20-16)19-12-4-6-13(7-5-12)21-8-2-3-9-21/h4-7,10H,2-3,8-9,16H2,1H3,(H2,17,18,19,20). The lowest BCUT2D eigenvalue weighted by Crippen LogP contribution is -2.17. The molecule has 6 heteroatoms. The molecular weight excluding hydrogens is 264 g/mol. The number of nitrogens with two attached hydrogens (primary N) is 1. The van der Waals surface area contributed by atoms with E-state index in [1.165, 1.54) is 18.5 Å². The van der Waals surface area contributed by atoms with Crippen molar-refractivity contribution in [2.24, 2.45) is 5.84 Å². The molecule has 1 fully saturated rings. The Kier molecular flexibility index (Phi) is 3.87. The lowest BCUT2D eigenvalue weighted by atomic mass is 10.2. The molecule has 4 N–H and O–H groups in total. The molecule has 0 radical (unpaired) electrons. The Hall–Kier alpha value is -2.34. The summed E-state index contributed by atoms with van der Waals surface area (Å²) < 4.78 is 0. The van der Waals surface area contributed by atoms with Crippen LogP contribution in [0.2, 0.25) is 0 Å². The van der Waals surface area contributed by atoms with Crippen molar-refractivity contribution in [3.8, 4) is 0 Å². The highest BCUT2D eigenvalue weighted by atomic mass is 15.3. The zero-order valence-electron chi connectivity index (χ0n) is 12.1. The van der Waals surface area contributed by atoms with E-state index < -0.39 is 0 Å². The Morgan fingerprint density at radius 3 is 2.38 bits per heavy atom. The molecular formula is C15H20N6. The Balaban J connectivity index is 1.74. The zero-order valence-corrected chi connectivity index (χ0v) is 12.1. The second-order valence-corrected chi connectivity index (χ2v) is 5.20. The van der Waals surface area contributed by atoms with Gasteiger partial charge < -0.3 is 15.6 Å². The van der Waals surface area contributed by atoms with Gasteiger partial charge in [-0.3, -0.25) is 0 Å². The highest BCUT2D eigenvalue weighted by molar-refractivity contribution is 5.62. The SMILES string of the molecule is Cc1nc(NN)cc(Nc2ccc(N3CCCC3)cc2)n1. The predicted octanol–water partition coefficient (Wildman–Crippen LogP) is 2.41. The summed E-state index contributed by atoms with van der Waals surface area (Å²) >= 11 is 0. The molecule has 1 aliphatic heterocycles. The summed E-state index contributed by atoms with van der Waals surface area (Å²) in [4.78, 5) is 10.9. The number of rotatable bonds is 4. The van der Waals surface area contributed by atoms with Crippen LogP contribution in [-0.2, 0) is 0 Å². The zero-order chi connectivity index (χ0) is 14.7. The number of hydrogen-bond acceptors (Lipinski definition) is 6. The number of hydrogen-bond donors (Lipinski definition) is 3. The molecule has 21 heavy (non-hydrogen) atoms. The Morgan fingerprint density at radius 2 is 1.71 bits per heavy atom. The fourth-order valence-electron chi connectivity index (χ4n) is 2.58. The second kappa shape index (κ2) is 5.97. The summed E-state index contributed by atoms with van der Waals surface area (Å²) in [6.07, 6.45) is 2.57. The first-order valence-corrected chi connectivity index (χ1v) is 7.19. The average Bonchev–Trinajstić information content (AvgIpc) is 3.01. The molecule has 1 aliphatic rings. The van der Waals surface area contributed by atoms with Crippen molar-refractivity contribution in [3.05, 3.63) is 36.2 Å². The summed E-state index contributed by atoms with van der Waals surface area (Å²) in [6.45, 7) is 4.15. The minimum absolute atomic E-state index is 0.596. The van der Waals surface area contributed by atoms with Gasteiger partial charge in [0.1, 0.15) is 17.5 Å². The predicted molar refractivity (Wildman–Crippen MR) is 85.8 cm³/mol. The van der Waals surface area contributed by atoms with Gasteiger partial charge in [-0.05, 0) is 44.0 Å². The third-order valence-corrected chi connectivity index (χ3v) is 3.60. The van der Waals surface area contributed by atoms with E-state index in [4.69, 9.17) is 5.84 Å². The summed E-state index contributed by atoms with van der Waals surface area (Å²) in [5.74, 6) is 7.39. The van der Waals surface area contributed by atoms with Gasteiger partial charge in [0.2, 0.25) is 0 Å². The van der Waals surface area contributed by atoms with Crippen molar-refractivity contribution >= 4 is 23.0 Å². The molecule has 3 rings (SSSR count). The normalized spacial score (nSPS) is 14.3. The number of nitrogen functional groups attached to an aromatic ring is 1. The van der Waals surface area contributed by atoms with Gasteiger partial charge in [-0.25, -0.2) is 15.8 Å². The molecule has 0 aliphatic carbocycles. The van der Waals surface area contributed by atoms with Crippen LogP contribution in [0.15, 0.2) is 30.3 Å². The molecule has 2 aromatic rings. The summed E-state index contributed by atoms with van der Waals surface area (Å²) in [6, 6.07) is 10.2. The van der Waals surface area contributed by atoms with E-state index in [0.717, 1.165) is 24.6 Å². The summed E-state index contributed by atoms with van der Waals surface area (Å²) in [7, 11) is 0.